The summed E-state index contributed by atoms with van der Waals surface area (Å²) >= 11 is 0. The number of aromatic nitrogens is 2. The Kier molecular flexibility index (Phi) is 4.29. The quantitative estimate of drug-likeness (QED) is 0.445. The van der Waals surface area contributed by atoms with Crippen molar-refractivity contribution in [3.05, 3.63) is 6.07 Å². The van der Waals surface area contributed by atoms with Crippen molar-refractivity contribution in [2.75, 3.05) is 0 Å². The van der Waals surface area contributed by atoms with Crippen molar-refractivity contribution >= 4 is 31.5 Å². The van der Waals surface area contributed by atoms with E-state index in [0.717, 1.165) is 4.79 Å². The molecule has 2 aliphatic heterocycles. The highest BCUT2D eigenvalue weighted by Gasteiger charge is 2.55. The van der Waals surface area contributed by atoms with Crippen molar-refractivity contribution in [2.45, 2.75) is 77.8 Å². The van der Waals surface area contributed by atoms with Crippen LogP contribution in [0.4, 0.5) is 0 Å². The molecule has 2 aliphatic rings. The zero-order valence-corrected chi connectivity index (χ0v) is 16.6. The average molecular weight is 361 g/mol. The number of carbonyl (C=O) groups excluding carboxylic acids is 1. The van der Waals surface area contributed by atoms with Crippen LogP contribution < -0.4 is 11.2 Å². The van der Waals surface area contributed by atoms with Crippen LogP contribution in [0.1, 0.15) is 55.4 Å². The molecule has 1 aromatic rings. The number of hydrogen-bond donors (Lipinski definition) is 0. The molecular formula is C16H25B2N3O5. The molecule has 3 heterocycles. The van der Waals surface area contributed by atoms with E-state index in [0.29, 0.717) is 11.2 Å². The molecule has 0 amide bonds. The Morgan fingerprint density at radius 1 is 0.885 bits per heavy atom. The molecule has 26 heavy (non-hydrogen) atoms. The molecule has 0 aromatic carbocycles. The first-order valence-electron chi connectivity index (χ1n) is 8.69. The molecule has 3 rings (SSSR count). The zero-order chi connectivity index (χ0) is 19.5. The van der Waals surface area contributed by atoms with Crippen molar-refractivity contribution < 1.29 is 23.4 Å². The fourth-order valence-corrected chi connectivity index (χ4v) is 2.73. The second kappa shape index (κ2) is 5.78. The zero-order valence-electron chi connectivity index (χ0n) is 16.6. The third-order valence-corrected chi connectivity index (χ3v) is 5.86. The summed E-state index contributed by atoms with van der Waals surface area (Å²) in [4.78, 5) is 12.0. The molecule has 2 saturated heterocycles. The highest BCUT2D eigenvalue weighted by atomic mass is 16.7. The Bertz CT molecular complexity index is 736. The largest absolute Gasteiger partial charge is 0.516 e. The van der Waals surface area contributed by atoms with E-state index in [1.165, 1.54) is 6.08 Å². The highest BCUT2D eigenvalue weighted by molar-refractivity contribution is 6.65. The maximum Gasteiger partial charge on any atom is 0.516 e. The standard InChI is InChI=1S/C16H25B2N3O5/c1-13(2)14(3,4)24-17(23-13)11-9-12(21(20-11)19-10-22)18-25-15(5,6)16(7,8)26-18/h9H,1-8H3. The highest BCUT2D eigenvalue weighted by Crippen LogP contribution is 2.37. The first-order valence-corrected chi connectivity index (χ1v) is 8.69. The number of rotatable bonds is 3. The van der Waals surface area contributed by atoms with Crippen LogP contribution in [-0.4, -0.2) is 52.6 Å². The van der Waals surface area contributed by atoms with E-state index in [-0.39, 0.29) is 0 Å². The van der Waals surface area contributed by atoms with Crippen LogP contribution in [0.3, 0.4) is 0 Å². The van der Waals surface area contributed by atoms with Crippen LogP contribution in [0, 0.1) is 0 Å². The van der Waals surface area contributed by atoms with Gasteiger partial charge in [-0.1, -0.05) is 5.10 Å². The van der Waals surface area contributed by atoms with Crippen LogP contribution in [0.5, 0.6) is 0 Å². The molecule has 10 heteroatoms. The Morgan fingerprint density at radius 2 is 1.31 bits per heavy atom. The van der Waals surface area contributed by atoms with E-state index in [1.54, 1.807) is 6.07 Å². The molecule has 0 unspecified atom stereocenters. The topological polar surface area (TPSA) is 84.2 Å². The van der Waals surface area contributed by atoms with Gasteiger partial charge in [-0.3, -0.25) is 0 Å². The van der Waals surface area contributed by atoms with Crippen LogP contribution in [-0.2, 0) is 23.4 Å². The van der Waals surface area contributed by atoms with Gasteiger partial charge < -0.3 is 18.6 Å². The Hall–Kier alpha value is -1.44. The lowest BCUT2D eigenvalue weighted by atomic mass is 9.79. The Morgan fingerprint density at radius 3 is 1.73 bits per heavy atom. The molecule has 1 aromatic heterocycles. The summed E-state index contributed by atoms with van der Waals surface area (Å²) in [5, 5.41) is 7.97. The van der Waals surface area contributed by atoms with Crippen molar-refractivity contribution in [1.29, 1.82) is 0 Å². The molecule has 0 saturated carbocycles. The summed E-state index contributed by atoms with van der Waals surface area (Å²) in [7, 11) is -1.40. The van der Waals surface area contributed by atoms with Gasteiger partial charge in [0, 0.05) is 0 Å². The molecule has 8 nitrogen and oxygen atoms in total. The van der Waals surface area contributed by atoms with Crippen molar-refractivity contribution in [3.8, 4) is 0 Å². The van der Waals surface area contributed by atoms with E-state index in [2.05, 4.69) is 10.2 Å². The van der Waals surface area contributed by atoms with Gasteiger partial charge in [-0.15, -0.1) is 4.79 Å². The first-order chi connectivity index (χ1) is 11.8. The summed E-state index contributed by atoms with van der Waals surface area (Å²) in [6.07, 6.45) is 1.51. The SMILES string of the molecule is CC1(C)OB(c2cc(B3OC(C)(C)C(C)(C)O3)n(N=C=O)n2)OC1(C)C. The second-order valence-corrected chi connectivity index (χ2v) is 8.75. The van der Waals surface area contributed by atoms with Crippen molar-refractivity contribution in [2.24, 2.45) is 5.10 Å². The summed E-state index contributed by atoms with van der Waals surface area (Å²) < 4.78 is 24.1. The van der Waals surface area contributed by atoms with Gasteiger partial charge in [0.15, 0.2) is 0 Å². The van der Waals surface area contributed by atoms with Crippen LogP contribution in [0.2, 0.25) is 0 Å². The van der Waals surface area contributed by atoms with E-state index in [1.807, 2.05) is 55.4 Å². The molecule has 0 radical (unpaired) electrons. The predicted octanol–water partition coefficient (Wildman–Crippen LogP) is 0.580. The molecule has 0 atom stereocenters. The lowest BCUT2D eigenvalue weighted by Crippen LogP contribution is -2.41. The molecular weight excluding hydrogens is 336 g/mol. The summed E-state index contributed by atoms with van der Waals surface area (Å²) in [5.41, 5.74) is -1.08. The van der Waals surface area contributed by atoms with Crippen molar-refractivity contribution in [3.63, 3.8) is 0 Å². The van der Waals surface area contributed by atoms with Gasteiger partial charge >= 0.3 is 14.2 Å². The molecule has 0 aliphatic carbocycles. The lowest BCUT2D eigenvalue weighted by molar-refractivity contribution is 0.00578. The maximum atomic E-state index is 10.8. The van der Waals surface area contributed by atoms with Gasteiger partial charge in [-0.2, -0.15) is 5.10 Å². The summed E-state index contributed by atoms with van der Waals surface area (Å²) in [6.45, 7) is 15.6. The molecule has 0 spiro atoms. The Labute approximate surface area is 154 Å². The molecule has 2 fully saturated rings. The smallest absolute Gasteiger partial charge is 0.398 e. The third-order valence-electron chi connectivity index (χ3n) is 5.86. The Balaban J connectivity index is 1.95. The first kappa shape index (κ1) is 19.3. The van der Waals surface area contributed by atoms with Gasteiger partial charge in [0.1, 0.15) is 0 Å². The molecule has 140 valence electrons. The van der Waals surface area contributed by atoms with Crippen molar-refractivity contribution in [1.82, 2.24) is 9.89 Å². The monoisotopic (exact) mass is 361 g/mol. The van der Waals surface area contributed by atoms with E-state index >= 15 is 0 Å². The van der Waals surface area contributed by atoms with Gasteiger partial charge in [-0.05, 0) is 61.5 Å². The van der Waals surface area contributed by atoms with Crippen LogP contribution in [0.15, 0.2) is 11.2 Å². The van der Waals surface area contributed by atoms with E-state index < -0.39 is 36.6 Å². The number of hydrogen-bond acceptors (Lipinski definition) is 7. The summed E-state index contributed by atoms with van der Waals surface area (Å²) in [6, 6.07) is 1.73. The molecule has 0 bridgehead atoms. The minimum absolute atomic E-state index is 0.483. The lowest BCUT2D eigenvalue weighted by Gasteiger charge is -2.32. The van der Waals surface area contributed by atoms with Gasteiger partial charge in [0.25, 0.3) is 6.08 Å². The van der Waals surface area contributed by atoms with E-state index in [4.69, 9.17) is 18.6 Å². The number of nitrogens with zero attached hydrogens (tertiary/aromatic N) is 3. The fraction of sp³-hybridized carbons (Fsp3) is 0.750. The minimum atomic E-state index is -0.722. The average Bonchev–Trinajstić information content (AvgIpc) is 3.03. The van der Waals surface area contributed by atoms with E-state index in [9.17, 15) is 4.79 Å². The van der Waals surface area contributed by atoms with Crippen LogP contribution >= 0.6 is 0 Å². The maximum absolute atomic E-state index is 10.8. The minimum Gasteiger partial charge on any atom is -0.398 e. The fourth-order valence-electron chi connectivity index (χ4n) is 2.73. The molecule has 0 N–H and O–H groups in total. The number of isocyanates is 1. The normalized spacial score (nSPS) is 25.4. The predicted molar refractivity (Wildman–Crippen MR) is 97.2 cm³/mol. The van der Waals surface area contributed by atoms with Gasteiger partial charge in [0.2, 0.25) is 0 Å². The van der Waals surface area contributed by atoms with Crippen LogP contribution in [0.25, 0.3) is 0 Å². The third kappa shape index (κ3) is 2.96. The second-order valence-electron chi connectivity index (χ2n) is 8.75. The van der Waals surface area contributed by atoms with Gasteiger partial charge in [0.05, 0.1) is 33.6 Å². The van der Waals surface area contributed by atoms with Gasteiger partial charge in [-0.25, -0.2) is 4.79 Å². The summed E-state index contributed by atoms with van der Waals surface area (Å²) in [5.74, 6) is 0.